The molecule has 0 aliphatic rings. The highest BCUT2D eigenvalue weighted by Crippen LogP contribution is 2.29. The molecule has 0 saturated carbocycles. The first-order valence-electron chi connectivity index (χ1n) is 7.21. The Hall–Kier alpha value is -2.49. The minimum atomic E-state index is -0.616. The molecule has 2 aromatic heterocycles. The molecule has 25 heavy (non-hydrogen) atoms. The predicted octanol–water partition coefficient (Wildman–Crippen LogP) is 3.98. The van der Waals surface area contributed by atoms with E-state index in [4.69, 9.17) is 14.3 Å². The van der Waals surface area contributed by atoms with Crippen molar-refractivity contribution in [1.82, 2.24) is 9.97 Å². The molecule has 0 spiro atoms. The number of hydrogen-bond acceptors (Lipinski definition) is 8. The van der Waals surface area contributed by atoms with E-state index in [1.54, 1.807) is 18.3 Å². The van der Waals surface area contributed by atoms with Crippen LogP contribution in [0, 0.1) is 0 Å². The summed E-state index contributed by atoms with van der Waals surface area (Å²) >= 11 is 2.92. The lowest BCUT2D eigenvalue weighted by molar-refractivity contribution is 0.115. The molecule has 130 valence electrons. The first-order chi connectivity index (χ1) is 12.2. The number of nitrogens with zero attached hydrogens (tertiary/aromatic N) is 3. The highest BCUT2D eigenvalue weighted by molar-refractivity contribution is 7.14. The highest BCUT2D eigenvalue weighted by Gasteiger charge is 2.19. The van der Waals surface area contributed by atoms with Gasteiger partial charge in [-0.2, -0.15) is 5.06 Å². The second kappa shape index (κ2) is 8.06. The van der Waals surface area contributed by atoms with E-state index in [1.165, 1.54) is 36.9 Å². The number of carbonyl (C=O) groups is 1. The Morgan fingerprint density at radius 2 is 2.08 bits per heavy atom. The van der Waals surface area contributed by atoms with Crippen LogP contribution in [-0.4, -0.2) is 30.3 Å². The lowest BCUT2D eigenvalue weighted by Crippen LogP contribution is -2.30. The van der Waals surface area contributed by atoms with Gasteiger partial charge in [-0.1, -0.05) is 29.5 Å². The number of ether oxygens (including phenoxy) is 2. The second-order valence-corrected chi connectivity index (χ2v) is 6.42. The summed E-state index contributed by atoms with van der Waals surface area (Å²) in [5.74, 6) is 0. The first-order valence-corrected chi connectivity index (χ1v) is 8.97. The molecule has 2 heterocycles. The molecule has 1 amide bonds. The Bertz CT molecular complexity index is 836. The van der Waals surface area contributed by atoms with Gasteiger partial charge in [-0.25, -0.2) is 14.8 Å². The Morgan fingerprint density at radius 3 is 2.80 bits per heavy atom. The number of hydrogen-bond donors (Lipinski definition) is 0. The van der Waals surface area contributed by atoms with Crippen molar-refractivity contribution in [2.45, 2.75) is 6.61 Å². The number of anilines is 1. The van der Waals surface area contributed by atoms with Crippen LogP contribution in [0.4, 0.5) is 10.5 Å². The number of methoxy groups -OCH3 is 1. The van der Waals surface area contributed by atoms with Crippen molar-refractivity contribution in [3.05, 3.63) is 46.8 Å². The van der Waals surface area contributed by atoms with E-state index >= 15 is 0 Å². The zero-order chi connectivity index (χ0) is 17.6. The van der Waals surface area contributed by atoms with Crippen molar-refractivity contribution >= 4 is 34.5 Å². The Morgan fingerprint density at radius 1 is 1.24 bits per heavy atom. The largest absolute Gasteiger partial charge is 0.465 e. The van der Waals surface area contributed by atoms with Gasteiger partial charge in [0, 0.05) is 22.5 Å². The molecule has 0 atom stereocenters. The van der Waals surface area contributed by atoms with Crippen LogP contribution in [0.25, 0.3) is 10.7 Å². The summed E-state index contributed by atoms with van der Waals surface area (Å²) in [4.78, 5) is 25.6. The van der Waals surface area contributed by atoms with E-state index in [9.17, 15) is 4.79 Å². The van der Waals surface area contributed by atoms with Gasteiger partial charge in [0.15, 0.2) is 0 Å². The summed E-state index contributed by atoms with van der Waals surface area (Å²) in [6.45, 7) is 0.234. The molecule has 0 radical (unpaired) electrons. The summed E-state index contributed by atoms with van der Waals surface area (Å²) in [7, 11) is 2.69. The Kier molecular flexibility index (Phi) is 5.59. The van der Waals surface area contributed by atoms with Crippen LogP contribution in [0.3, 0.4) is 0 Å². The Balaban J connectivity index is 1.74. The van der Waals surface area contributed by atoms with Gasteiger partial charge in [-0.05, 0) is 6.07 Å². The van der Waals surface area contributed by atoms with E-state index in [0.717, 1.165) is 21.3 Å². The smallest absolute Gasteiger partial charge is 0.438 e. The van der Waals surface area contributed by atoms with Gasteiger partial charge in [-0.3, -0.25) is 4.84 Å². The minimum absolute atomic E-state index is 0.234. The van der Waals surface area contributed by atoms with Gasteiger partial charge in [0.2, 0.25) is 0 Å². The number of amides is 1. The van der Waals surface area contributed by atoms with Crippen molar-refractivity contribution < 1.29 is 19.1 Å². The van der Waals surface area contributed by atoms with Crippen LogP contribution >= 0.6 is 22.7 Å². The standard InChI is InChI=1S/C16H15N3O4S2/c1-21-16(20)19(22-2)13-6-4-3-5-11(13)9-23-15-18-12(10-25-15)14-17-7-8-24-14/h3-8,10H,9H2,1-2H3. The SMILES string of the molecule is COC(=O)N(OC)c1ccccc1COc1nc(-c2nccs2)cs1. The first kappa shape index (κ1) is 17.3. The molecule has 0 fully saturated rings. The average Bonchev–Trinajstić information content (AvgIpc) is 3.32. The zero-order valence-electron chi connectivity index (χ0n) is 13.5. The average molecular weight is 377 g/mol. The lowest BCUT2D eigenvalue weighted by atomic mass is 10.2. The van der Waals surface area contributed by atoms with E-state index in [1.807, 2.05) is 22.9 Å². The molecule has 1 aromatic carbocycles. The third-order valence-electron chi connectivity index (χ3n) is 3.22. The number of hydroxylamine groups is 1. The molecule has 0 bridgehead atoms. The quantitative estimate of drug-likeness (QED) is 0.605. The summed E-state index contributed by atoms with van der Waals surface area (Å²) in [6, 6.07) is 7.26. The molecule has 0 aliphatic carbocycles. The molecular weight excluding hydrogens is 362 g/mol. The van der Waals surface area contributed by atoms with E-state index < -0.39 is 6.09 Å². The number of thiazole rings is 2. The number of benzene rings is 1. The number of aromatic nitrogens is 2. The monoisotopic (exact) mass is 377 g/mol. The topological polar surface area (TPSA) is 73.8 Å². The van der Waals surface area contributed by atoms with Gasteiger partial charge >= 0.3 is 6.09 Å². The van der Waals surface area contributed by atoms with Crippen molar-refractivity contribution in [2.75, 3.05) is 19.3 Å². The fourth-order valence-electron chi connectivity index (χ4n) is 2.10. The van der Waals surface area contributed by atoms with Gasteiger partial charge in [0.05, 0.1) is 19.9 Å². The molecule has 3 rings (SSSR count). The fraction of sp³-hybridized carbons (Fsp3) is 0.188. The summed E-state index contributed by atoms with van der Waals surface area (Å²) in [6.07, 6.45) is 1.12. The maximum atomic E-state index is 11.8. The summed E-state index contributed by atoms with van der Waals surface area (Å²) in [5.41, 5.74) is 2.10. The van der Waals surface area contributed by atoms with Gasteiger partial charge in [0.25, 0.3) is 5.19 Å². The van der Waals surface area contributed by atoms with Crippen LogP contribution < -0.4 is 9.80 Å². The normalized spacial score (nSPS) is 10.5. The zero-order valence-corrected chi connectivity index (χ0v) is 15.2. The fourth-order valence-corrected chi connectivity index (χ4v) is 3.42. The Labute approximate surface area is 152 Å². The van der Waals surface area contributed by atoms with Crippen LogP contribution in [0.2, 0.25) is 0 Å². The molecule has 7 nitrogen and oxygen atoms in total. The number of rotatable bonds is 6. The second-order valence-electron chi connectivity index (χ2n) is 4.70. The van der Waals surface area contributed by atoms with Crippen molar-refractivity contribution in [3.63, 3.8) is 0 Å². The van der Waals surface area contributed by atoms with Crippen LogP contribution in [-0.2, 0) is 16.2 Å². The van der Waals surface area contributed by atoms with Gasteiger partial charge in [0.1, 0.15) is 17.3 Å². The minimum Gasteiger partial charge on any atom is -0.465 e. The molecule has 0 N–H and O–H groups in total. The maximum Gasteiger partial charge on any atom is 0.438 e. The number of carbonyl (C=O) groups excluding carboxylic acids is 1. The summed E-state index contributed by atoms with van der Waals surface area (Å²) < 4.78 is 10.5. The molecule has 9 heteroatoms. The molecule has 0 saturated heterocycles. The number of para-hydroxylation sites is 1. The molecule has 3 aromatic rings. The van der Waals surface area contributed by atoms with Crippen molar-refractivity contribution in [1.29, 1.82) is 0 Å². The van der Waals surface area contributed by atoms with Gasteiger partial charge < -0.3 is 9.47 Å². The van der Waals surface area contributed by atoms with E-state index in [2.05, 4.69) is 9.97 Å². The molecule has 0 unspecified atom stereocenters. The third-order valence-corrected chi connectivity index (χ3v) is 4.77. The third kappa shape index (κ3) is 3.95. The lowest BCUT2D eigenvalue weighted by Gasteiger charge is -2.20. The summed E-state index contributed by atoms with van der Waals surface area (Å²) in [5, 5.41) is 6.25. The van der Waals surface area contributed by atoms with E-state index in [0.29, 0.717) is 10.9 Å². The van der Waals surface area contributed by atoms with Crippen molar-refractivity contribution in [3.8, 4) is 15.9 Å². The molecular formula is C16H15N3O4S2. The highest BCUT2D eigenvalue weighted by atomic mass is 32.1. The predicted molar refractivity (Wildman–Crippen MR) is 95.9 cm³/mol. The van der Waals surface area contributed by atoms with Crippen LogP contribution in [0.15, 0.2) is 41.2 Å². The van der Waals surface area contributed by atoms with Gasteiger partial charge in [-0.15, -0.1) is 11.3 Å². The maximum absolute atomic E-state index is 11.8. The molecule has 0 aliphatic heterocycles. The van der Waals surface area contributed by atoms with E-state index in [-0.39, 0.29) is 6.61 Å². The van der Waals surface area contributed by atoms with Crippen LogP contribution in [0.1, 0.15) is 5.56 Å². The van der Waals surface area contributed by atoms with Crippen molar-refractivity contribution in [2.24, 2.45) is 0 Å². The van der Waals surface area contributed by atoms with Crippen LogP contribution in [0.5, 0.6) is 5.19 Å².